The van der Waals surface area contributed by atoms with Crippen LogP contribution in [0.3, 0.4) is 0 Å². The molecule has 1 heterocycles. The molecule has 5 heteroatoms. The highest BCUT2D eigenvalue weighted by atomic mass is 35.5. The highest BCUT2D eigenvalue weighted by Crippen LogP contribution is 2.30. The van der Waals surface area contributed by atoms with Crippen molar-refractivity contribution in [2.75, 3.05) is 18.4 Å². The summed E-state index contributed by atoms with van der Waals surface area (Å²) in [6, 6.07) is 5.04. The zero-order valence-corrected chi connectivity index (χ0v) is 13.2. The number of amides is 1. The van der Waals surface area contributed by atoms with Gasteiger partial charge in [0, 0.05) is 0 Å². The van der Waals surface area contributed by atoms with E-state index < -0.39 is 0 Å². The molecule has 1 N–H and O–H groups in total. The molecular formula is C15H20Cl2N2O. The normalized spacial score (nSPS) is 18.4. The summed E-state index contributed by atoms with van der Waals surface area (Å²) >= 11 is 12.2. The molecule has 0 bridgehead atoms. The Bertz CT molecular complexity index is 451. The van der Waals surface area contributed by atoms with E-state index in [2.05, 4.69) is 10.2 Å². The third kappa shape index (κ3) is 3.87. The Hall–Kier alpha value is -0.770. The van der Waals surface area contributed by atoms with Crippen LogP contribution < -0.4 is 5.32 Å². The van der Waals surface area contributed by atoms with E-state index in [-0.39, 0.29) is 11.9 Å². The summed E-state index contributed by atoms with van der Waals surface area (Å²) in [5.74, 6) is -0.0538. The molecule has 0 unspecified atom stereocenters. The van der Waals surface area contributed by atoms with Gasteiger partial charge in [-0.3, -0.25) is 9.69 Å². The van der Waals surface area contributed by atoms with Crippen molar-refractivity contribution < 1.29 is 4.79 Å². The van der Waals surface area contributed by atoms with Crippen LogP contribution in [0.15, 0.2) is 18.2 Å². The summed E-state index contributed by atoms with van der Waals surface area (Å²) in [5.41, 5.74) is 0.502. The smallest absolute Gasteiger partial charge is 0.241 e. The van der Waals surface area contributed by atoms with Gasteiger partial charge in [0.1, 0.15) is 0 Å². The predicted octanol–water partition coefficient (Wildman–Crippen LogP) is 4.20. The number of hydrogen-bond acceptors (Lipinski definition) is 2. The lowest BCUT2D eigenvalue weighted by Crippen LogP contribution is -2.42. The Labute approximate surface area is 130 Å². The molecule has 1 aromatic rings. The zero-order chi connectivity index (χ0) is 14.5. The molecule has 0 spiro atoms. The molecule has 1 aliphatic rings. The fourth-order valence-electron chi connectivity index (χ4n) is 2.49. The lowest BCUT2D eigenvalue weighted by Gasteiger charge is -2.26. The molecule has 20 heavy (non-hydrogen) atoms. The van der Waals surface area contributed by atoms with Gasteiger partial charge in [-0.25, -0.2) is 0 Å². The molecular weight excluding hydrogens is 295 g/mol. The minimum absolute atomic E-state index is 0.0538. The summed E-state index contributed by atoms with van der Waals surface area (Å²) in [7, 11) is 0. The Kier molecular flexibility index (Phi) is 5.70. The number of nitrogens with zero attached hydrogens (tertiary/aromatic N) is 1. The summed E-state index contributed by atoms with van der Waals surface area (Å²) in [6.07, 6.45) is 4.82. The number of benzene rings is 1. The lowest BCUT2D eigenvalue weighted by atomic mass is 10.2. The molecule has 1 aromatic carbocycles. The highest BCUT2D eigenvalue weighted by Gasteiger charge is 2.23. The molecule has 3 nitrogen and oxygen atoms in total. The van der Waals surface area contributed by atoms with Crippen LogP contribution in [0.5, 0.6) is 0 Å². The molecule has 110 valence electrons. The van der Waals surface area contributed by atoms with Gasteiger partial charge in [0.15, 0.2) is 0 Å². The van der Waals surface area contributed by atoms with Crippen LogP contribution in [0, 0.1) is 0 Å². The van der Waals surface area contributed by atoms with Crippen LogP contribution in [0.25, 0.3) is 0 Å². The average molecular weight is 315 g/mol. The quantitative estimate of drug-likeness (QED) is 0.907. The number of hydrogen-bond donors (Lipinski definition) is 1. The molecule has 1 fully saturated rings. The zero-order valence-electron chi connectivity index (χ0n) is 11.7. The Morgan fingerprint density at radius 1 is 1.15 bits per heavy atom. The fraction of sp³-hybridized carbons (Fsp3) is 0.533. The van der Waals surface area contributed by atoms with Crippen LogP contribution >= 0.6 is 23.2 Å². The molecule has 0 aliphatic carbocycles. The Morgan fingerprint density at radius 2 is 1.70 bits per heavy atom. The third-order valence-electron chi connectivity index (χ3n) is 3.78. The average Bonchev–Trinajstić information content (AvgIpc) is 2.71. The van der Waals surface area contributed by atoms with Gasteiger partial charge in [-0.05, 0) is 45.0 Å². The van der Waals surface area contributed by atoms with Gasteiger partial charge in [0.05, 0.1) is 21.8 Å². The van der Waals surface area contributed by atoms with E-state index in [4.69, 9.17) is 23.2 Å². The Morgan fingerprint density at radius 3 is 2.25 bits per heavy atom. The first-order valence-corrected chi connectivity index (χ1v) is 7.84. The molecule has 1 aliphatic heterocycles. The van der Waals surface area contributed by atoms with Crippen LogP contribution in [0.1, 0.15) is 32.6 Å². The molecule has 2 rings (SSSR count). The Balaban J connectivity index is 2.03. The summed E-state index contributed by atoms with van der Waals surface area (Å²) < 4.78 is 0. The SMILES string of the molecule is C[C@@H](C(=O)Nc1c(Cl)cccc1Cl)N1CCCCCC1. The van der Waals surface area contributed by atoms with Gasteiger partial charge in [-0.2, -0.15) is 0 Å². The number of likely N-dealkylation sites (tertiary alicyclic amines) is 1. The van der Waals surface area contributed by atoms with E-state index in [1.54, 1.807) is 18.2 Å². The minimum atomic E-state index is -0.166. The van der Waals surface area contributed by atoms with Crippen molar-refractivity contribution in [1.82, 2.24) is 4.90 Å². The summed E-state index contributed by atoms with van der Waals surface area (Å²) in [5, 5.41) is 3.78. The number of para-hydroxylation sites is 1. The van der Waals surface area contributed by atoms with E-state index >= 15 is 0 Å². The van der Waals surface area contributed by atoms with E-state index in [0.29, 0.717) is 15.7 Å². The second kappa shape index (κ2) is 7.30. The van der Waals surface area contributed by atoms with Crippen molar-refractivity contribution in [3.8, 4) is 0 Å². The lowest BCUT2D eigenvalue weighted by molar-refractivity contribution is -0.120. The first-order chi connectivity index (χ1) is 9.59. The van der Waals surface area contributed by atoms with E-state index in [9.17, 15) is 4.79 Å². The monoisotopic (exact) mass is 314 g/mol. The van der Waals surface area contributed by atoms with E-state index in [0.717, 1.165) is 25.9 Å². The maximum Gasteiger partial charge on any atom is 0.241 e. The second-order valence-electron chi connectivity index (χ2n) is 5.21. The number of carbonyl (C=O) groups is 1. The topological polar surface area (TPSA) is 32.3 Å². The van der Waals surface area contributed by atoms with Crippen molar-refractivity contribution in [3.05, 3.63) is 28.2 Å². The van der Waals surface area contributed by atoms with Gasteiger partial charge in [-0.1, -0.05) is 42.1 Å². The number of anilines is 1. The second-order valence-corrected chi connectivity index (χ2v) is 6.03. The molecule has 1 atom stereocenters. The number of nitrogens with one attached hydrogen (secondary N) is 1. The van der Waals surface area contributed by atoms with Gasteiger partial charge >= 0.3 is 0 Å². The van der Waals surface area contributed by atoms with Crippen molar-refractivity contribution in [1.29, 1.82) is 0 Å². The molecule has 1 amide bonds. The summed E-state index contributed by atoms with van der Waals surface area (Å²) in [4.78, 5) is 14.6. The minimum Gasteiger partial charge on any atom is -0.322 e. The molecule has 0 radical (unpaired) electrons. The van der Waals surface area contributed by atoms with Crippen LogP contribution in [-0.2, 0) is 4.79 Å². The van der Waals surface area contributed by atoms with Crippen molar-refractivity contribution in [3.63, 3.8) is 0 Å². The van der Waals surface area contributed by atoms with Crippen LogP contribution in [-0.4, -0.2) is 29.9 Å². The summed E-state index contributed by atoms with van der Waals surface area (Å²) in [6.45, 7) is 3.89. The predicted molar refractivity (Wildman–Crippen MR) is 84.6 cm³/mol. The van der Waals surface area contributed by atoms with E-state index in [1.807, 2.05) is 6.92 Å². The van der Waals surface area contributed by atoms with Crippen molar-refractivity contribution in [2.24, 2.45) is 0 Å². The van der Waals surface area contributed by atoms with Crippen molar-refractivity contribution in [2.45, 2.75) is 38.6 Å². The third-order valence-corrected chi connectivity index (χ3v) is 4.41. The van der Waals surface area contributed by atoms with Gasteiger partial charge in [-0.15, -0.1) is 0 Å². The van der Waals surface area contributed by atoms with Gasteiger partial charge in [0.25, 0.3) is 0 Å². The first-order valence-electron chi connectivity index (χ1n) is 7.08. The van der Waals surface area contributed by atoms with E-state index in [1.165, 1.54) is 12.8 Å². The van der Waals surface area contributed by atoms with Gasteiger partial charge in [0.2, 0.25) is 5.91 Å². The molecule has 0 saturated carbocycles. The maximum atomic E-state index is 12.4. The van der Waals surface area contributed by atoms with Crippen LogP contribution in [0.2, 0.25) is 10.0 Å². The largest absolute Gasteiger partial charge is 0.322 e. The highest BCUT2D eigenvalue weighted by molar-refractivity contribution is 6.39. The van der Waals surface area contributed by atoms with Crippen LogP contribution in [0.4, 0.5) is 5.69 Å². The maximum absolute atomic E-state index is 12.4. The number of carbonyl (C=O) groups excluding carboxylic acids is 1. The number of halogens is 2. The fourth-order valence-corrected chi connectivity index (χ4v) is 2.99. The standard InChI is InChI=1S/C15H20Cl2N2O/c1-11(19-9-4-2-3-5-10-19)15(20)18-14-12(16)7-6-8-13(14)17/h6-8,11H,2-5,9-10H2,1H3,(H,18,20)/t11-/m0/s1. The first kappa shape index (κ1) is 15.6. The van der Waals surface area contributed by atoms with Crippen molar-refractivity contribution >= 4 is 34.8 Å². The van der Waals surface area contributed by atoms with Gasteiger partial charge < -0.3 is 5.32 Å². The molecule has 0 aromatic heterocycles. The molecule has 1 saturated heterocycles. The number of rotatable bonds is 3.